The summed E-state index contributed by atoms with van der Waals surface area (Å²) in [7, 11) is 0. The third kappa shape index (κ3) is 2.87. The molecule has 2 N–H and O–H groups in total. The maximum atomic E-state index is 12.9. The van der Waals surface area contributed by atoms with Crippen LogP contribution in [-0.2, 0) is 4.79 Å². The number of amides is 1. The molecule has 15 heavy (non-hydrogen) atoms. The van der Waals surface area contributed by atoms with Gasteiger partial charge in [-0.25, -0.2) is 8.78 Å². The van der Waals surface area contributed by atoms with Crippen molar-refractivity contribution in [3.8, 4) is 0 Å². The smallest absolute Gasteiger partial charge is 0.267 e. The Kier molecular flexibility index (Phi) is 3.33. The Hall–Kier alpha value is -0.710. The van der Waals surface area contributed by atoms with Crippen LogP contribution in [0.2, 0.25) is 0 Å². The summed E-state index contributed by atoms with van der Waals surface area (Å²) in [5, 5.41) is 0. The molecule has 1 amide bonds. The highest BCUT2D eigenvalue weighted by molar-refractivity contribution is 5.82. The number of nitrogens with two attached hydrogens (primary N) is 1. The molecule has 0 radical (unpaired) electrons. The summed E-state index contributed by atoms with van der Waals surface area (Å²) in [6.45, 7) is 3.60. The molecule has 0 aliphatic carbocycles. The fourth-order valence-electron chi connectivity index (χ4n) is 1.81. The molecule has 0 aromatic rings. The zero-order chi connectivity index (χ0) is 11.7. The fraction of sp³-hybridized carbons (Fsp3) is 0.900. The Morgan fingerprint density at radius 2 is 2.13 bits per heavy atom. The molecule has 1 heterocycles. The average Bonchev–Trinajstić information content (AvgIpc) is 2.44. The number of alkyl halides is 2. The van der Waals surface area contributed by atoms with E-state index in [1.165, 1.54) is 4.90 Å². The SMILES string of the molecule is CC(C)(CCN)C(=O)N1CCC(F)(F)C1. The van der Waals surface area contributed by atoms with Crippen LogP contribution in [-0.4, -0.2) is 36.4 Å². The quantitative estimate of drug-likeness (QED) is 0.777. The van der Waals surface area contributed by atoms with Crippen LogP contribution < -0.4 is 5.73 Å². The van der Waals surface area contributed by atoms with E-state index in [0.29, 0.717) is 13.0 Å². The van der Waals surface area contributed by atoms with Gasteiger partial charge in [0.05, 0.1) is 6.54 Å². The first kappa shape index (κ1) is 12.4. The van der Waals surface area contributed by atoms with Crippen LogP contribution in [0.25, 0.3) is 0 Å². The Labute approximate surface area is 88.6 Å². The van der Waals surface area contributed by atoms with Gasteiger partial charge in [0.2, 0.25) is 5.91 Å². The van der Waals surface area contributed by atoms with Gasteiger partial charge in [-0.15, -0.1) is 0 Å². The summed E-state index contributed by atoms with van der Waals surface area (Å²) < 4.78 is 25.8. The maximum Gasteiger partial charge on any atom is 0.267 e. The van der Waals surface area contributed by atoms with Crippen LogP contribution >= 0.6 is 0 Å². The van der Waals surface area contributed by atoms with E-state index in [4.69, 9.17) is 5.73 Å². The van der Waals surface area contributed by atoms with Gasteiger partial charge in [0.25, 0.3) is 5.92 Å². The van der Waals surface area contributed by atoms with Gasteiger partial charge in [-0.05, 0) is 13.0 Å². The number of likely N-dealkylation sites (tertiary alicyclic amines) is 1. The Balaban J connectivity index is 2.62. The fourth-order valence-corrected chi connectivity index (χ4v) is 1.81. The molecule has 1 aliphatic rings. The second-order valence-corrected chi connectivity index (χ2v) is 4.76. The van der Waals surface area contributed by atoms with Gasteiger partial charge in [0, 0.05) is 18.4 Å². The summed E-state index contributed by atoms with van der Waals surface area (Å²) >= 11 is 0. The number of nitrogens with zero attached hydrogens (tertiary/aromatic N) is 1. The molecule has 0 aromatic heterocycles. The second kappa shape index (κ2) is 4.04. The third-order valence-electron chi connectivity index (χ3n) is 2.81. The number of carbonyl (C=O) groups is 1. The lowest BCUT2D eigenvalue weighted by atomic mass is 9.88. The van der Waals surface area contributed by atoms with E-state index in [2.05, 4.69) is 0 Å². The van der Waals surface area contributed by atoms with E-state index >= 15 is 0 Å². The van der Waals surface area contributed by atoms with Crippen LogP contribution in [0.5, 0.6) is 0 Å². The molecule has 5 heteroatoms. The van der Waals surface area contributed by atoms with Crippen LogP contribution in [0.1, 0.15) is 26.7 Å². The average molecular weight is 220 g/mol. The molecule has 0 atom stereocenters. The molecule has 3 nitrogen and oxygen atoms in total. The van der Waals surface area contributed by atoms with E-state index in [0.717, 1.165) is 0 Å². The minimum Gasteiger partial charge on any atom is -0.336 e. The Morgan fingerprint density at radius 1 is 1.53 bits per heavy atom. The van der Waals surface area contributed by atoms with Gasteiger partial charge in [-0.3, -0.25) is 4.79 Å². The first-order valence-electron chi connectivity index (χ1n) is 5.16. The van der Waals surface area contributed by atoms with Crippen molar-refractivity contribution in [3.05, 3.63) is 0 Å². The van der Waals surface area contributed by atoms with Crippen LogP contribution in [0.15, 0.2) is 0 Å². The van der Waals surface area contributed by atoms with Crippen molar-refractivity contribution >= 4 is 5.91 Å². The van der Waals surface area contributed by atoms with Gasteiger partial charge in [0.1, 0.15) is 0 Å². The molecule has 88 valence electrons. The van der Waals surface area contributed by atoms with Crippen LogP contribution in [0.4, 0.5) is 8.78 Å². The Bertz CT molecular complexity index is 254. The summed E-state index contributed by atoms with van der Waals surface area (Å²) in [4.78, 5) is 13.1. The van der Waals surface area contributed by atoms with Crippen molar-refractivity contribution in [2.75, 3.05) is 19.6 Å². The zero-order valence-electron chi connectivity index (χ0n) is 9.22. The second-order valence-electron chi connectivity index (χ2n) is 4.76. The molecule has 0 unspecified atom stereocenters. The molecule has 0 aromatic carbocycles. The summed E-state index contributed by atoms with van der Waals surface area (Å²) in [6.07, 6.45) is 0.297. The first-order chi connectivity index (χ1) is 6.78. The predicted molar refractivity (Wildman–Crippen MR) is 53.6 cm³/mol. The molecule has 0 spiro atoms. The van der Waals surface area contributed by atoms with Crippen molar-refractivity contribution < 1.29 is 13.6 Å². The molecule has 1 rings (SSSR count). The van der Waals surface area contributed by atoms with Gasteiger partial charge < -0.3 is 10.6 Å². The summed E-state index contributed by atoms with van der Waals surface area (Å²) in [6, 6.07) is 0. The molecular formula is C10H18F2N2O. The van der Waals surface area contributed by atoms with Crippen LogP contribution in [0, 0.1) is 5.41 Å². The molecular weight excluding hydrogens is 202 g/mol. The molecule has 1 saturated heterocycles. The zero-order valence-corrected chi connectivity index (χ0v) is 9.22. The third-order valence-corrected chi connectivity index (χ3v) is 2.81. The highest BCUT2D eigenvalue weighted by atomic mass is 19.3. The van der Waals surface area contributed by atoms with Crippen molar-refractivity contribution in [2.24, 2.45) is 11.1 Å². The standard InChI is InChI=1S/C10H18F2N2O/c1-9(2,3-5-13)8(15)14-6-4-10(11,12)7-14/h3-7,13H2,1-2H3. The highest BCUT2D eigenvalue weighted by Crippen LogP contribution is 2.31. The van der Waals surface area contributed by atoms with E-state index in [-0.39, 0.29) is 18.9 Å². The van der Waals surface area contributed by atoms with Gasteiger partial charge in [-0.1, -0.05) is 13.8 Å². The number of rotatable bonds is 3. The minimum absolute atomic E-state index is 0.153. The maximum absolute atomic E-state index is 12.9. The van der Waals surface area contributed by atoms with Crippen LogP contribution in [0.3, 0.4) is 0 Å². The van der Waals surface area contributed by atoms with Gasteiger partial charge >= 0.3 is 0 Å². The van der Waals surface area contributed by atoms with E-state index in [1.54, 1.807) is 13.8 Å². The van der Waals surface area contributed by atoms with E-state index in [9.17, 15) is 13.6 Å². The molecule has 0 saturated carbocycles. The van der Waals surface area contributed by atoms with Gasteiger partial charge in [-0.2, -0.15) is 0 Å². The minimum atomic E-state index is -2.71. The molecule has 1 fully saturated rings. The number of hydrogen-bond acceptors (Lipinski definition) is 2. The largest absolute Gasteiger partial charge is 0.336 e. The number of halogens is 2. The van der Waals surface area contributed by atoms with E-state index in [1.807, 2.05) is 0 Å². The first-order valence-corrected chi connectivity index (χ1v) is 5.16. The lowest BCUT2D eigenvalue weighted by Crippen LogP contribution is -2.41. The van der Waals surface area contributed by atoms with Gasteiger partial charge in [0.15, 0.2) is 0 Å². The number of hydrogen-bond donors (Lipinski definition) is 1. The monoisotopic (exact) mass is 220 g/mol. The summed E-state index contributed by atoms with van der Waals surface area (Å²) in [5.41, 5.74) is 4.76. The van der Waals surface area contributed by atoms with Crippen molar-refractivity contribution in [2.45, 2.75) is 32.6 Å². The van der Waals surface area contributed by atoms with Crippen molar-refractivity contribution in [3.63, 3.8) is 0 Å². The lowest BCUT2D eigenvalue weighted by molar-refractivity contribution is -0.141. The topological polar surface area (TPSA) is 46.3 Å². The molecule has 1 aliphatic heterocycles. The number of carbonyl (C=O) groups excluding carboxylic acids is 1. The van der Waals surface area contributed by atoms with Crippen molar-refractivity contribution in [1.29, 1.82) is 0 Å². The Morgan fingerprint density at radius 3 is 2.53 bits per heavy atom. The predicted octanol–water partition coefficient (Wildman–Crippen LogP) is 1.23. The lowest BCUT2D eigenvalue weighted by Gasteiger charge is -2.28. The molecule has 0 bridgehead atoms. The normalized spacial score (nSPS) is 20.7. The summed E-state index contributed by atoms with van der Waals surface area (Å²) in [5.74, 6) is -2.93. The van der Waals surface area contributed by atoms with Crippen molar-refractivity contribution in [1.82, 2.24) is 4.90 Å². The highest BCUT2D eigenvalue weighted by Gasteiger charge is 2.43. The van der Waals surface area contributed by atoms with E-state index < -0.39 is 17.9 Å².